The maximum atomic E-state index is 13.6. The predicted octanol–water partition coefficient (Wildman–Crippen LogP) is -1.07. The Morgan fingerprint density at radius 3 is 1.80 bits per heavy atom. The van der Waals surface area contributed by atoms with Gasteiger partial charge in [0.15, 0.2) is 0 Å². The number of amides is 5. The molecule has 0 saturated carbocycles. The summed E-state index contributed by atoms with van der Waals surface area (Å²) >= 11 is 0. The third-order valence-corrected chi connectivity index (χ3v) is 8.28. The molecular formula is C30H52N6O10. The number of carbonyl (C=O) groups is 7. The van der Waals surface area contributed by atoms with Crippen LogP contribution in [0.25, 0.3) is 0 Å². The van der Waals surface area contributed by atoms with Crippen LogP contribution in [-0.2, 0) is 33.6 Å². The van der Waals surface area contributed by atoms with Crippen LogP contribution in [0, 0.1) is 17.8 Å². The molecule has 0 bridgehead atoms. The van der Waals surface area contributed by atoms with Crippen molar-refractivity contribution in [1.29, 1.82) is 0 Å². The number of nitrogens with zero attached hydrogens (tertiary/aromatic N) is 1. The topological polar surface area (TPSA) is 258 Å². The van der Waals surface area contributed by atoms with Crippen LogP contribution in [-0.4, -0.2) is 111 Å². The number of aliphatic hydroxyl groups excluding tert-OH is 1. The smallest absolute Gasteiger partial charge is 0.326 e. The molecule has 5 amide bonds. The first kappa shape index (κ1) is 40.2. The minimum absolute atomic E-state index is 0.0616. The van der Waals surface area contributed by atoms with Crippen molar-refractivity contribution in [2.45, 2.75) is 116 Å². The molecule has 1 fully saturated rings. The summed E-state index contributed by atoms with van der Waals surface area (Å²) in [5, 5.41) is 38.4. The molecule has 46 heavy (non-hydrogen) atoms. The lowest BCUT2D eigenvalue weighted by Crippen LogP contribution is -2.61. The highest BCUT2D eigenvalue weighted by Crippen LogP contribution is 2.21. The molecule has 1 saturated heterocycles. The van der Waals surface area contributed by atoms with Crippen molar-refractivity contribution in [3.05, 3.63) is 0 Å². The normalized spacial score (nSPS) is 19.2. The van der Waals surface area contributed by atoms with Gasteiger partial charge < -0.3 is 47.2 Å². The zero-order valence-corrected chi connectivity index (χ0v) is 27.6. The van der Waals surface area contributed by atoms with Crippen LogP contribution < -0.4 is 27.0 Å². The van der Waals surface area contributed by atoms with Gasteiger partial charge in [-0.05, 0) is 37.0 Å². The van der Waals surface area contributed by atoms with Gasteiger partial charge in [0, 0.05) is 6.54 Å². The lowest BCUT2D eigenvalue weighted by Gasteiger charge is -2.32. The molecule has 0 aromatic rings. The van der Waals surface area contributed by atoms with Gasteiger partial charge in [-0.1, -0.05) is 54.4 Å². The number of carboxylic acids is 2. The summed E-state index contributed by atoms with van der Waals surface area (Å²) in [6.07, 6.45) is 0.901. The summed E-state index contributed by atoms with van der Waals surface area (Å²) in [7, 11) is 0. The fourth-order valence-electron chi connectivity index (χ4n) is 5.07. The van der Waals surface area contributed by atoms with Gasteiger partial charge in [0.25, 0.3) is 0 Å². The fraction of sp³-hybridized carbons (Fsp3) is 0.767. The van der Waals surface area contributed by atoms with E-state index in [1.54, 1.807) is 27.7 Å². The SMILES string of the molecule is CC[C@H](C)[C@H](NC(=O)[C@H](CC(C)C)NC(=O)[C@@H](N)CO)C(=O)N[C@@H](CC(=O)O)C(=O)N[C@H](C(=O)N1CCC[C@H]1C(=O)O)[C@@H](C)CC. The molecule has 8 atom stereocenters. The van der Waals surface area contributed by atoms with Crippen molar-refractivity contribution >= 4 is 41.5 Å². The van der Waals surface area contributed by atoms with Crippen LogP contribution in [0.2, 0.25) is 0 Å². The second-order valence-electron chi connectivity index (χ2n) is 12.4. The molecule has 0 aromatic carbocycles. The van der Waals surface area contributed by atoms with Gasteiger partial charge in [-0.2, -0.15) is 0 Å². The molecular weight excluding hydrogens is 604 g/mol. The summed E-state index contributed by atoms with van der Waals surface area (Å²) in [5.41, 5.74) is 5.58. The molecule has 16 nitrogen and oxygen atoms in total. The molecule has 9 N–H and O–H groups in total. The van der Waals surface area contributed by atoms with Gasteiger partial charge >= 0.3 is 11.9 Å². The summed E-state index contributed by atoms with van der Waals surface area (Å²) in [6, 6.07) is -7.48. The summed E-state index contributed by atoms with van der Waals surface area (Å²) in [6.45, 7) is 10.1. The first-order valence-corrected chi connectivity index (χ1v) is 15.8. The second-order valence-corrected chi connectivity index (χ2v) is 12.4. The van der Waals surface area contributed by atoms with E-state index >= 15 is 0 Å². The van der Waals surface area contributed by atoms with E-state index in [0.717, 1.165) is 0 Å². The van der Waals surface area contributed by atoms with Gasteiger partial charge in [0.05, 0.1) is 13.0 Å². The Kier molecular flexibility index (Phi) is 16.6. The number of nitrogens with two attached hydrogens (primary N) is 1. The first-order chi connectivity index (χ1) is 21.5. The van der Waals surface area contributed by atoms with Crippen LogP contribution in [0.15, 0.2) is 0 Å². The van der Waals surface area contributed by atoms with Gasteiger partial charge in [-0.25, -0.2) is 4.79 Å². The first-order valence-electron chi connectivity index (χ1n) is 15.8. The van der Waals surface area contributed by atoms with E-state index in [0.29, 0.717) is 19.3 Å². The average molecular weight is 657 g/mol. The number of hydrogen-bond acceptors (Lipinski definition) is 9. The van der Waals surface area contributed by atoms with Gasteiger partial charge in [0.2, 0.25) is 29.5 Å². The van der Waals surface area contributed by atoms with Crippen LogP contribution in [0.5, 0.6) is 0 Å². The molecule has 0 spiro atoms. The number of carboxylic acid groups (broad SMARTS) is 2. The Morgan fingerprint density at radius 2 is 1.30 bits per heavy atom. The maximum Gasteiger partial charge on any atom is 0.326 e. The van der Waals surface area contributed by atoms with E-state index < -0.39 is 103 Å². The number of aliphatic hydroxyl groups is 1. The highest BCUT2D eigenvalue weighted by molar-refractivity contribution is 5.97. The van der Waals surface area contributed by atoms with Crippen molar-refractivity contribution in [1.82, 2.24) is 26.2 Å². The van der Waals surface area contributed by atoms with Crippen molar-refractivity contribution in [2.24, 2.45) is 23.5 Å². The number of carbonyl (C=O) groups excluding carboxylic acids is 5. The highest BCUT2D eigenvalue weighted by Gasteiger charge is 2.40. The molecule has 1 rings (SSSR count). The van der Waals surface area contributed by atoms with Crippen LogP contribution >= 0.6 is 0 Å². The molecule has 1 aliphatic heterocycles. The third kappa shape index (κ3) is 11.9. The number of rotatable bonds is 19. The lowest BCUT2D eigenvalue weighted by molar-refractivity contribution is -0.150. The minimum atomic E-state index is -1.64. The molecule has 1 aliphatic rings. The standard InChI is InChI=1S/C30H52N6O10/c1-7-16(5)23(34-26(41)19(12-15(3)4)32-25(40)18(31)14-37)28(43)33-20(13-22(38)39)27(42)35-24(17(6)8-2)29(44)36-11-9-10-21(36)30(45)46/h15-21,23-24,37H,7-14,31H2,1-6H3,(H,32,40)(H,33,43)(H,34,41)(H,35,42)(H,38,39)(H,45,46)/t16-,17-,18-,19-,20-,21-,23-,24-/m0/s1. The largest absolute Gasteiger partial charge is 0.481 e. The Bertz CT molecular complexity index is 1100. The molecule has 1 heterocycles. The van der Waals surface area contributed by atoms with E-state index in [1.807, 2.05) is 13.8 Å². The van der Waals surface area contributed by atoms with E-state index in [1.165, 1.54) is 4.90 Å². The Labute approximate surface area is 269 Å². The molecule has 262 valence electrons. The van der Waals surface area contributed by atoms with Gasteiger partial charge in [-0.15, -0.1) is 0 Å². The van der Waals surface area contributed by atoms with Crippen molar-refractivity contribution < 1.29 is 48.9 Å². The van der Waals surface area contributed by atoms with Crippen molar-refractivity contribution in [3.63, 3.8) is 0 Å². The quantitative estimate of drug-likeness (QED) is 0.0830. The average Bonchev–Trinajstić information content (AvgIpc) is 3.50. The Balaban J connectivity index is 3.26. The predicted molar refractivity (Wildman–Crippen MR) is 166 cm³/mol. The summed E-state index contributed by atoms with van der Waals surface area (Å²) in [4.78, 5) is 90.7. The molecule has 0 radical (unpaired) electrons. The molecule has 0 unspecified atom stereocenters. The van der Waals surface area contributed by atoms with Gasteiger partial charge in [-0.3, -0.25) is 28.8 Å². The number of hydrogen-bond donors (Lipinski definition) is 8. The summed E-state index contributed by atoms with van der Waals surface area (Å²) < 4.78 is 0. The molecule has 0 aromatic heterocycles. The fourth-order valence-corrected chi connectivity index (χ4v) is 5.07. The van der Waals surface area contributed by atoms with Crippen molar-refractivity contribution in [2.75, 3.05) is 13.2 Å². The monoisotopic (exact) mass is 656 g/mol. The highest BCUT2D eigenvalue weighted by atomic mass is 16.4. The van der Waals surface area contributed by atoms with E-state index in [9.17, 15) is 48.9 Å². The van der Waals surface area contributed by atoms with E-state index in [-0.39, 0.29) is 25.3 Å². The lowest BCUT2D eigenvalue weighted by atomic mass is 9.95. The zero-order chi connectivity index (χ0) is 35.3. The minimum Gasteiger partial charge on any atom is -0.481 e. The third-order valence-electron chi connectivity index (χ3n) is 8.28. The number of likely N-dealkylation sites (tertiary alicyclic amines) is 1. The van der Waals surface area contributed by atoms with Crippen LogP contribution in [0.4, 0.5) is 0 Å². The van der Waals surface area contributed by atoms with E-state index in [4.69, 9.17) is 5.73 Å². The molecule has 16 heteroatoms. The van der Waals surface area contributed by atoms with Crippen molar-refractivity contribution in [3.8, 4) is 0 Å². The second kappa shape index (κ2) is 19.0. The van der Waals surface area contributed by atoms with Crippen LogP contribution in [0.3, 0.4) is 0 Å². The number of nitrogens with one attached hydrogen (secondary N) is 4. The molecule has 0 aliphatic carbocycles. The Morgan fingerprint density at radius 1 is 0.783 bits per heavy atom. The summed E-state index contributed by atoms with van der Waals surface area (Å²) in [5.74, 6) is -7.50. The van der Waals surface area contributed by atoms with Gasteiger partial charge in [0.1, 0.15) is 36.3 Å². The van der Waals surface area contributed by atoms with Crippen LogP contribution in [0.1, 0.15) is 80.1 Å². The Hall–Kier alpha value is -3.79. The van der Waals surface area contributed by atoms with E-state index in [2.05, 4.69) is 21.3 Å². The number of aliphatic carboxylic acids is 2. The zero-order valence-electron chi connectivity index (χ0n) is 27.6. The maximum absolute atomic E-state index is 13.6.